The number of ether oxygens (including phenoxy) is 1. The average molecular weight is 488 g/mol. The van der Waals surface area contributed by atoms with Crippen LogP contribution in [0.1, 0.15) is 41.0 Å². The Morgan fingerprint density at radius 2 is 2.06 bits per heavy atom. The number of hydrogen-bond donors (Lipinski definition) is 2. The number of fused-ring (bicyclic) bond motifs is 10. The van der Waals surface area contributed by atoms with E-state index in [9.17, 15) is 9.59 Å². The van der Waals surface area contributed by atoms with Gasteiger partial charge in [0.15, 0.2) is 6.61 Å². The molecule has 2 aliphatic rings. The SMILES string of the molecule is CONC(=O)COc1ccc2c(c1)c1c3c(c4c(c1n2CC(C)C)CCc1nn(C)cc1-4)C(=O)NC3. The summed E-state index contributed by atoms with van der Waals surface area (Å²) in [6.07, 6.45) is 3.70. The summed E-state index contributed by atoms with van der Waals surface area (Å²) in [7, 11) is 3.32. The van der Waals surface area contributed by atoms with E-state index in [2.05, 4.69) is 45.2 Å². The van der Waals surface area contributed by atoms with Crippen LogP contribution in [0.3, 0.4) is 0 Å². The molecule has 3 heterocycles. The van der Waals surface area contributed by atoms with Crippen LogP contribution in [0.15, 0.2) is 24.4 Å². The van der Waals surface area contributed by atoms with Crippen molar-refractivity contribution < 1.29 is 19.2 Å². The summed E-state index contributed by atoms with van der Waals surface area (Å²) in [5.41, 5.74) is 10.7. The van der Waals surface area contributed by atoms with Gasteiger partial charge in [-0.15, -0.1) is 0 Å². The Hall–Kier alpha value is -3.85. The Morgan fingerprint density at radius 1 is 1.22 bits per heavy atom. The molecule has 36 heavy (non-hydrogen) atoms. The zero-order valence-corrected chi connectivity index (χ0v) is 20.9. The molecule has 0 saturated carbocycles. The summed E-state index contributed by atoms with van der Waals surface area (Å²) in [5, 5.41) is 9.87. The molecule has 1 aliphatic carbocycles. The number of aromatic nitrogens is 3. The number of nitrogens with one attached hydrogen (secondary N) is 2. The Bertz CT molecular complexity index is 1560. The first kappa shape index (κ1) is 22.6. The molecule has 0 unspecified atom stereocenters. The number of aryl methyl sites for hydroxylation is 3. The first-order chi connectivity index (χ1) is 17.4. The number of amides is 2. The van der Waals surface area contributed by atoms with E-state index in [0.717, 1.165) is 63.6 Å². The summed E-state index contributed by atoms with van der Waals surface area (Å²) >= 11 is 0. The van der Waals surface area contributed by atoms with E-state index in [1.165, 1.54) is 18.2 Å². The molecule has 0 atom stereocenters. The number of carbonyl (C=O) groups excluding carboxylic acids is 2. The number of hydroxylamine groups is 1. The van der Waals surface area contributed by atoms with Crippen molar-refractivity contribution >= 4 is 33.6 Å². The van der Waals surface area contributed by atoms with E-state index in [0.29, 0.717) is 18.2 Å². The van der Waals surface area contributed by atoms with Gasteiger partial charge in [0.2, 0.25) is 0 Å². The van der Waals surface area contributed by atoms with Crippen LogP contribution in [0.2, 0.25) is 0 Å². The fourth-order valence-electron chi connectivity index (χ4n) is 5.83. The molecule has 0 radical (unpaired) electrons. The van der Waals surface area contributed by atoms with Crippen molar-refractivity contribution in [2.75, 3.05) is 13.7 Å². The van der Waals surface area contributed by atoms with Gasteiger partial charge in [-0.25, -0.2) is 5.48 Å². The fourth-order valence-corrected chi connectivity index (χ4v) is 5.83. The molecule has 1 aliphatic heterocycles. The van der Waals surface area contributed by atoms with E-state index in [4.69, 9.17) is 4.74 Å². The van der Waals surface area contributed by atoms with Gasteiger partial charge in [-0.2, -0.15) is 5.10 Å². The normalized spacial score (nSPS) is 14.2. The van der Waals surface area contributed by atoms with Crippen molar-refractivity contribution in [3.8, 4) is 16.9 Å². The molecule has 0 bridgehead atoms. The van der Waals surface area contributed by atoms with Crippen molar-refractivity contribution in [1.29, 1.82) is 0 Å². The second-order valence-corrected chi connectivity index (χ2v) is 9.98. The van der Waals surface area contributed by atoms with Crippen molar-refractivity contribution in [2.24, 2.45) is 13.0 Å². The van der Waals surface area contributed by atoms with Gasteiger partial charge in [-0.05, 0) is 48.1 Å². The quantitative estimate of drug-likeness (QED) is 0.407. The van der Waals surface area contributed by atoms with Crippen LogP contribution in [-0.4, -0.2) is 39.9 Å². The largest absolute Gasteiger partial charge is 0.484 e. The number of rotatable bonds is 6. The molecule has 0 spiro atoms. The lowest BCUT2D eigenvalue weighted by molar-refractivity contribution is -0.133. The smallest absolute Gasteiger partial charge is 0.281 e. The molecule has 186 valence electrons. The number of nitrogens with zero attached hydrogens (tertiary/aromatic N) is 3. The highest BCUT2D eigenvalue weighted by Gasteiger charge is 2.35. The molecule has 0 fully saturated rings. The maximum absolute atomic E-state index is 13.2. The van der Waals surface area contributed by atoms with Crippen LogP contribution in [-0.2, 0) is 42.6 Å². The lowest BCUT2D eigenvalue weighted by Crippen LogP contribution is -2.27. The molecule has 9 nitrogen and oxygen atoms in total. The van der Waals surface area contributed by atoms with Gasteiger partial charge in [-0.3, -0.25) is 19.1 Å². The maximum atomic E-state index is 13.2. The van der Waals surface area contributed by atoms with Gasteiger partial charge < -0.3 is 14.6 Å². The Labute approximate surface area is 208 Å². The fraction of sp³-hybridized carbons (Fsp3) is 0.370. The lowest BCUT2D eigenvalue weighted by Gasteiger charge is -2.22. The topological polar surface area (TPSA) is 99.4 Å². The summed E-state index contributed by atoms with van der Waals surface area (Å²) < 4.78 is 10.0. The second kappa shape index (κ2) is 8.37. The molecule has 2 N–H and O–H groups in total. The van der Waals surface area contributed by atoms with E-state index >= 15 is 0 Å². The molecule has 2 amide bonds. The van der Waals surface area contributed by atoms with Crippen molar-refractivity contribution in [2.45, 2.75) is 39.8 Å². The van der Waals surface area contributed by atoms with Gasteiger partial charge in [0.1, 0.15) is 5.75 Å². The highest BCUT2D eigenvalue weighted by molar-refractivity contribution is 6.19. The third-order valence-corrected chi connectivity index (χ3v) is 7.05. The molecule has 6 rings (SSSR count). The van der Waals surface area contributed by atoms with Crippen LogP contribution in [0.5, 0.6) is 5.75 Å². The van der Waals surface area contributed by atoms with Crippen LogP contribution in [0, 0.1) is 5.92 Å². The Balaban J connectivity index is 1.65. The predicted octanol–water partition coefficient (Wildman–Crippen LogP) is 3.25. The van der Waals surface area contributed by atoms with Crippen LogP contribution >= 0.6 is 0 Å². The van der Waals surface area contributed by atoms with E-state index in [-0.39, 0.29) is 18.4 Å². The Kier molecular flexibility index (Phi) is 5.26. The number of hydrogen-bond acceptors (Lipinski definition) is 5. The van der Waals surface area contributed by atoms with E-state index in [1.54, 1.807) is 0 Å². The highest BCUT2D eigenvalue weighted by Crippen LogP contribution is 2.47. The summed E-state index contributed by atoms with van der Waals surface area (Å²) in [4.78, 5) is 29.7. The second-order valence-electron chi connectivity index (χ2n) is 9.98. The van der Waals surface area contributed by atoms with Crippen molar-refractivity contribution in [3.05, 3.63) is 46.8 Å². The molecular weight excluding hydrogens is 458 g/mol. The van der Waals surface area contributed by atoms with E-state index in [1.807, 2.05) is 30.1 Å². The number of benzene rings is 2. The first-order valence-corrected chi connectivity index (χ1v) is 12.3. The lowest BCUT2D eigenvalue weighted by atomic mass is 9.82. The van der Waals surface area contributed by atoms with E-state index < -0.39 is 0 Å². The average Bonchev–Trinajstić information content (AvgIpc) is 3.50. The minimum Gasteiger partial charge on any atom is -0.484 e. The summed E-state index contributed by atoms with van der Waals surface area (Å²) in [6.45, 7) is 5.61. The third-order valence-electron chi connectivity index (χ3n) is 7.05. The van der Waals surface area contributed by atoms with Gasteiger partial charge >= 0.3 is 0 Å². The minimum absolute atomic E-state index is 0.0340. The summed E-state index contributed by atoms with van der Waals surface area (Å²) in [5.74, 6) is 0.624. The monoisotopic (exact) mass is 487 g/mol. The van der Waals surface area contributed by atoms with Crippen molar-refractivity contribution in [1.82, 2.24) is 25.1 Å². The zero-order valence-electron chi connectivity index (χ0n) is 20.9. The molecule has 2 aromatic carbocycles. The number of carbonyl (C=O) groups is 2. The Morgan fingerprint density at radius 3 is 2.83 bits per heavy atom. The molecule has 0 saturated heterocycles. The maximum Gasteiger partial charge on any atom is 0.281 e. The molecule has 4 aromatic rings. The van der Waals surface area contributed by atoms with Crippen LogP contribution < -0.4 is 15.5 Å². The van der Waals surface area contributed by atoms with Gasteiger partial charge in [0.05, 0.1) is 23.9 Å². The first-order valence-electron chi connectivity index (χ1n) is 12.3. The third kappa shape index (κ3) is 3.37. The zero-order chi connectivity index (χ0) is 25.1. The van der Waals surface area contributed by atoms with Crippen LogP contribution in [0.25, 0.3) is 32.9 Å². The minimum atomic E-state index is -0.364. The molecule has 2 aromatic heterocycles. The standard InChI is InChI=1S/C27H29N5O4/c1-14(2)11-32-21-8-5-15(36-13-22(33)30-35-4)9-17(21)24-18-10-28-27(34)25(18)23-16(26(24)32)6-7-20-19(23)12-31(3)29-20/h5,8-9,12,14H,6-7,10-11,13H2,1-4H3,(H,28,34)(H,30,33). The molecule has 9 heteroatoms. The summed E-state index contributed by atoms with van der Waals surface area (Å²) in [6, 6.07) is 5.94. The highest BCUT2D eigenvalue weighted by atomic mass is 16.6. The van der Waals surface area contributed by atoms with Gasteiger partial charge in [-0.1, -0.05) is 13.8 Å². The molecular formula is C27H29N5O4. The van der Waals surface area contributed by atoms with Crippen LogP contribution in [0.4, 0.5) is 0 Å². The van der Waals surface area contributed by atoms with Crippen molar-refractivity contribution in [3.63, 3.8) is 0 Å². The van der Waals surface area contributed by atoms with Gasteiger partial charge in [0.25, 0.3) is 11.8 Å². The predicted molar refractivity (Wildman–Crippen MR) is 136 cm³/mol. The van der Waals surface area contributed by atoms with Gasteiger partial charge in [0, 0.05) is 53.8 Å².